The van der Waals surface area contributed by atoms with Crippen molar-refractivity contribution in [2.45, 2.75) is 0 Å². The Hall–Kier alpha value is -1.91. The Kier molecular flexibility index (Phi) is 4.07. The molecule has 12 heavy (non-hydrogen) atoms. The average molecular weight is 171 g/mol. The van der Waals surface area contributed by atoms with Crippen molar-refractivity contribution in [1.29, 1.82) is 0 Å². The van der Waals surface area contributed by atoms with Gasteiger partial charge in [-0.25, -0.2) is 0 Å². The summed E-state index contributed by atoms with van der Waals surface area (Å²) >= 11 is 0. The lowest BCUT2D eigenvalue weighted by atomic mass is 10.3. The third kappa shape index (κ3) is 3.99. The maximum Gasteiger partial charge on any atom is 0.204 e. The van der Waals surface area contributed by atoms with Crippen molar-refractivity contribution in [3.05, 3.63) is 18.2 Å². The number of hydrogen-bond acceptors (Lipinski definition) is 4. The summed E-state index contributed by atoms with van der Waals surface area (Å²) in [6, 6.07) is 3.42. The molecule has 0 radical (unpaired) electrons. The van der Waals surface area contributed by atoms with E-state index in [0.29, 0.717) is 0 Å². The zero-order valence-electron chi connectivity index (χ0n) is 6.14. The molecule has 0 saturated carbocycles. The minimum Gasteiger partial charge on any atom is -0.508 e. The van der Waals surface area contributed by atoms with E-state index < -0.39 is 0 Å². The molecule has 0 heterocycles. The number of phenols is 3. The Morgan fingerprint density at radius 3 is 1.33 bits per heavy atom. The SMILES string of the molecule is NC=O.Oc1cc(O)cc(O)c1. The number of phenolic OH excluding ortho intramolecular Hbond substituents is 3. The van der Waals surface area contributed by atoms with Crippen LogP contribution in [0.15, 0.2) is 18.2 Å². The van der Waals surface area contributed by atoms with Gasteiger partial charge in [-0.1, -0.05) is 0 Å². The van der Waals surface area contributed by atoms with Gasteiger partial charge in [0.1, 0.15) is 17.2 Å². The van der Waals surface area contributed by atoms with Crippen molar-refractivity contribution in [3.8, 4) is 17.2 Å². The molecule has 66 valence electrons. The van der Waals surface area contributed by atoms with E-state index >= 15 is 0 Å². The smallest absolute Gasteiger partial charge is 0.204 e. The third-order valence-corrected chi connectivity index (χ3v) is 0.887. The lowest BCUT2D eigenvalue weighted by Gasteiger charge is -1.94. The Labute approximate surface area is 68.7 Å². The second-order valence-electron chi connectivity index (χ2n) is 1.84. The summed E-state index contributed by atoms with van der Waals surface area (Å²) in [7, 11) is 0. The average Bonchev–Trinajstić information content (AvgIpc) is 1.84. The van der Waals surface area contributed by atoms with Gasteiger partial charge in [0.15, 0.2) is 0 Å². The van der Waals surface area contributed by atoms with Gasteiger partial charge in [0, 0.05) is 18.2 Å². The van der Waals surface area contributed by atoms with Crippen molar-refractivity contribution in [2.24, 2.45) is 5.73 Å². The summed E-state index contributed by atoms with van der Waals surface area (Å²) in [5.41, 5.74) is 4.17. The molecule has 5 N–H and O–H groups in total. The molecule has 0 aliphatic carbocycles. The summed E-state index contributed by atoms with van der Waals surface area (Å²) < 4.78 is 0. The monoisotopic (exact) mass is 171 g/mol. The van der Waals surface area contributed by atoms with Gasteiger partial charge < -0.3 is 21.1 Å². The summed E-state index contributed by atoms with van der Waals surface area (Å²) in [5.74, 6) is -0.437. The summed E-state index contributed by atoms with van der Waals surface area (Å²) in [6.07, 6.45) is 0.250. The van der Waals surface area contributed by atoms with E-state index in [-0.39, 0.29) is 23.7 Å². The highest BCUT2D eigenvalue weighted by Gasteiger charge is 1.94. The van der Waals surface area contributed by atoms with Gasteiger partial charge in [-0.3, -0.25) is 4.79 Å². The van der Waals surface area contributed by atoms with Crippen LogP contribution in [0.2, 0.25) is 0 Å². The fourth-order valence-corrected chi connectivity index (χ4v) is 0.580. The molecule has 5 heteroatoms. The van der Waals surface area contributed by atoms with Crippen LogP contribution < -0.4 is 5.73 Å². The fourth-order valence-electron chi connectivity index (χ4n) is 0.580. The molecule has 0 spiro atoms. The van der Waals surface area contributed by atoms with Crippen molar-refractivity contribution in [3.63, 3.8) is 0 Å². The number of benzene rings is 1. The van der Waals surface area contributed by atoms with Crippen molar-refractivity contribution in [2.75, 3.05) is 0 Å². The molecule has 0 unspecified atom stereocenters. The predicted molar refractivity (Wildman–Crippen MR) is 41.7 cm³/mol. The van der Waals surface area contributed by atoms with Crippen LogP contribution in [0.3, 0.4) is 0 Å². The van der Waals surface area contributed by atoms with Crippen LogP contribution in [-0.2, 0) is 4.79 Å². The molecule has 1 amide bonds. The van der Waals surface area contributed by atoms with E-state index in [2.05, 4.69) is 5.73 Å². The summed E-state index contributed by atoms with van der Waals surface area (Å²) in [6.45, 7) is 0. The highest BCUT2D eigenvalue weighted by atomic mass is 16.3. The second-order valence-corrected chi connectivity index (χ2v) is 1.84. The lowest BCUT2D eigenvalue weighted by Crippen LogP contribution is -1.82. The van der Waals surface area contributed by atoms with E-state index in [1.54, 1.807) is 0 Å². The van der Waals surface area contributed by atoms with E-state index in [0.717, 1.165) is 18.2 Å². The van der Waals surface area contributed by atoms with Crippen LogP contribution in [0, 0.1) is 0 Å². The number of carbonyl (C=O) groups is 1. The third-order valence-electron chi connectivity index (χ3n) is 0.887. The van der Waals surface area contributed by atoms with E-state index in [4.69, 9.17) is 20.1 Å². The van der Waals surface area contributed by atoms with Crippen LogP contribution in [0.1, 0.15) is 0 Å². The lowest BCUT2D eigenvalue weighted by molar-refractivity contribution is -0.106. The normalized spacial score (nSPS) is 8.00. The van der Waals surface area contributed by atoms with Crippen molar-refractivity contribution < 1.29 is 20.1 Å². The molecule has 0 saturated heterocycles. The zero-order chi connectivity index (χ0) is 9.56. The number of primary amides is 1. The Morgan fingerprint density at radius 1 is 1.00 bits per heavy atom. The van der Waals surface area contributed by atoms with E-state index in [1.165, 1.54) is 0 Å². The largest absolute Gasteiger partial charge is 0.508 e. The van der Waals surface area contributed by atoms with Gasteiger partial charge in [0.2, 0.25) is 6.41 Å². The molecule has 1 aromatic carbocycles. The fraction of sp³-hybridized carbons (Fsp3) is 0. The van der Waals surface area contributed by atoms with Crippen molar-refractivity contribution >= 4 is 6.41 Å². The Balaban J connectivity index is 0.000000354. The van der Waals surface area contributed by atoms with Crippen LogP contribution in [0.25, 0.3) is 0 Å². The van der Waals surface area contributed by atoms with E-state index in [9.17, 15) is 0 Å². The van der Waals surface area contributed by atoms with Gasteiger partial charge in [-0.05, 0) is 0 Å². The van der Waals surface area contributed by atoms with Gasteiger partial charge >= 0.3 is 0 Å². The van der Waals surface area contributed by atoms with E-state index in [1.807, 2.05) is 0 Å². The molecular weight excluding hydrogens is 162 g/mol. The van der Waals surface area contributed by atoms with Crippen LogP contribution >= 0.6 is 0 Å². The predicted octanol–water partition coefficient (Wildman–Crippen LogP) is -0.0951. The first-order valence-corrected chi connectivity index (χ1v) is 2.97. The van der Waals surface area contributed by atoms with Crippen LogP contribution in [0.4, 0.5) is 0 Å². The highest BCUT2D eigenvalue weighted by molar-refractivity contribution is 5.42. The number of rotatable bonds is 0. The standard InChI is InChI=1S/C6H6O3.CH3NO/c7-4-1-5(8)3-6(9)2-4;2-1-3/h1-3,7-9H;1H,(H2,2,3). The number of aromatic hydroxyl groups is 3. The second kappa shape index (κ2) is 4.84. The molecule has 0 aliphatic rings. The van der Waals surface area contributed by atoms with Gasteiger partial charge in [-0.2, -0.15) is 0 Å². The minimum atomic E-state index is -0.146. The molecule has 1 rings (SSSR count). The number of carbonyl (C=O) groups excluding carboxylic acids is 1. The number of nitrogens with two attached hydrogens (primary N) is 1. The quantitative estimate of drug-likeness (QED) is 0.409. The highest BCUT2D eigenvalue weighted by Crippen LogP contribution is 2.23. The molecule has 0 bridgehead atoms. The topological polar surface area (TPSA) is 104 Å². The molecule has 0 aromatic heterocycles. The number of amides is 1. The Morgan fingerprint density at radius 2 is 1.17 bits per heavy atom. The van der Waals surface area contributed by atoms with Crippen LogP contribution in [0.5, 0.6) is 17.2 Å². The van der Waals surface area contributed by atoms with Gasteiger partial charge in [0.25, 0.3) is 0 Å². The molecule has 0 aliphatic heterocycles. The zero-order valence-corrected chi connectivity index (χ0v) is 6.14. The number of hydrogen-bond donors (Lipinski definition) is 4. The van der Waals surface area contributed by atoms with Crippen molar-refractivity contribution in [1.82, 2.24) is 0 Å². The molecule has 1 aromatic rings. The van der Waals surface area contributed by atoms with Gasteiger partial charge in [0.05, 0.1) is 0 Å². The van der Waals surface area contributed by atoms with Gasteiger partial charge in [-0.15, -0.1) is 0 Å². The maximum absolute atomic E-state index is 8.67. The molecule has 0 atom stereocenters. The summed E-state index contributed by atoms with van der Waals surface area (Å²) in [5, 5.41) is 26.0. The minimum absolute atomic E-state index is 0.146. The summed E-state index contributed by atoms with van der Waals surface area (Å²) in [4.78, 5) is 8.58. The first kappa shape index (κ1) is 10.1. The maximum atomic E-state index is 8.67. The first-order chi connectivity index (χ1) is 5.60. The molecule has 0 fully saturated rings. The Bertz CT molecular complexity index is 211. The molecular formula is C7H9NO4. The molecule has 5 nitrogen and oxygen atoms in total. The first-order valence-electron chi connectivity index (χ1n) is 2.97. The van der Waals surface area contributed by atoms with Crippen LogP contribution in [-0.4, -0.2) is 21.7 Å².